The summed E-state index contributed by atoms with van der Waals surface area (Å²) in [5, 5.41) is 6.35. The molecule has 2 saturated heterocycles. The van der Waals surface area contributed by atoms with Gasteiger partial charge in [0.25, 0.3) is 0 Å². The Morgan fingerprint density at radius 1 is 1.24 bits per heavy atom. The summed E-state index contributed by atoms with van der Waals surface area (Å²) in [7, 11) is 1.71. The lowest BCUT2D eigenvalue weighted by Crippen LogP contribution is -2.46. The van der Waals surface area contributed by atoms with Gasteiger partial charge in [0.05, 0.1) is 12.1 Å². The number of hydrogen-bond acceptors (Lipinski definition) is 5. The minimum atomic E-state index is -0.472. The molecule has 0 aliphatic carbocycles. The van der Waals surface area contributed by atoms with E-state index in [1.54, 1.807) is 7.11 Å². The van der Waals surface area contributed by atoms with Gasteiger partial charge in [0.1, 0.15) is 5.60 Å². The van der Waals surface area contributed by atoms with Crippen LogP contribution in [0.1, 0.15) is 33.6 Å². The van der Waals surface area contributed by atoms with Gasteiger partial charge in [-0.25, -0.2) is 4.79 Å². The van der Waals surface area contributed by atoms with E-state index in [-0.39, 0.29) is 18.2 Å². The molecule has 1 amide bonds. The third-order valence-corrected chi connectivity index (χ3v) is 4.12. The molecule has 122 valence electrons. The summed E-state index contributed by atoms with van der Waals surface area (Å²) in [5.41, 5.74) is -0.472. The van der Waals surface area contributed by atoms with E-state index in [1.165, 1.54) is 0 Å². The van der Waals surface area contributed by atoms with Crippen molar-refractivity contribution >= 4 is 6.09 Å². The first kappa shape index (κ1) is 16.5. The number of likely N-dealkylation sites (tertiary alicyclic amines) is 1. The molecular weight excluding hydrogens is 270 g/mol. The lowest BCUT2D eigenvalue weighted by Gasteiger charge is -2.31. The molecule has 0 bridgehead atoms. The topological polar surface area (TPSA) is 62.8 Å². The van der Waals surface area contributed by atoms with Gasteiger partial charge in [0, 0.05) is 26.2 Å². The number of nitrogens with one attached hydrogen (secondary N) is 2. The Bertz CT molecular complexity index is 351. The number of methoxy groups -OCH3 is 1. The molecule has 0 aromatic carbocycles. The predicted molar refractivity (Wildman–Crippen MR) is 81.4 cm³/mol. The number of nitrogens with zero attached hydrogens (tertiary/aromatic N) is 1. The minimum absolute atomic E-state index is 0.000245. The lowest BCUT2D eigenvalue weighted by molar-refractivity contribution is 0.0414. The highest BCUT2D eigenvalue weighted by Gasteiger charge is 2.38. The summed E-state index contributed by atoms with van der Waals surface area (Å²) >= 11 is 0. The maximum absolute atomic E-state index is 11.9. The van der Waals surface area contributed by atoms with E-state index in [9.17, 15) is 4.79 Å². The average Bonchev–Trinajstić information content (AvgIpc) is 2.80. The fourth-order valence-corrected chi connectivity index (χ4v) is 3.11. The smallest absolute Gasteiger partial charge is 0.408 e. The van der Waals surface area contributed by atoms with E-state index in [0.717, 1.165) is 39.0 Å². The molecule has 0 radical (unpaired) electrons. The van der Waals surface area contributed by atoms with Crippen LogP contribution >= 0.6 is 0 Å². The van der Waals surface area contributed by atoms with Gasteiger partial charge in [-0.05, 0) is 46.7 Å². The van der Waals surface area contributed by atoms with Crippen LogP contribution in [0.4, 0.5) is 4.79 Å². The highest BCUT2D eigenvalue weighted by atomic mass is 16.6. The monoisotopic (exact) mass is 299 g/mol. The van der Waals surface area contributed by atoms with E-state index >= 15 is 0 Å². The zero-order chi connectivity index (χ0) is 15.5. The first-order valence-corrected chi connectivity index (χ1v) is 7.86. The van der Waals surface area contributed by atoms with Gasteiger partial charge >= 0.3 is 6.09 Å². The van der Waals surface area contributed by atoms with Crippen molar-refractivity contribution in [3.8, 4) is 0 Å². The van der Waals surface area contributed by atoms with Crippen LogP contribution in [0.2, 0.25) is 0 Å². The molecule has 2 aliphatic heterocycles. The van der Waals surface area contributed by atoms with Crippen LogP contribution < -0.4 is 10.6 Å². The van der Waals surface area contributed by atoms with Gasteiger partial charge in [0.2, 0.25) is 0 Å². The van der Waals surface area contributed by atoms with Crippen LogP contribution in [0.15, 0.2) is 0 Å². The quantitative estimate of drug-likeness (QED) is 0.813. The first-order valence-electron chi connectivity index (χ1n) is 7.86. The average molecular weight is 299 g/mol. The summed E-state index contributed by atoms with van der Waals surface area (Å²) in [4.78, 5) is 14.4. The highest BCUT2D eigenvalue weighted by molar-refractivity contribution is 5.68. The van der Waals surface area contributed by atoms with Gasteiger partial charge in [0.15, 0.2) is 0 Å². The molecule has 2 fully saturated rings. The molecule has 6 nitrogen and oxygen atoms in total. The van der Waals surface area contributed by atoms with Gasteiger partial charge in [-0.1, -0.05) is 0 Å². The van der Waals surface area contributed by atoms with Crippen LogP contribution in [0.5, 0.6) is 0 Å². The fourth-order valence-electron chi connectivity index (χ4n) is 3.11. The maximum Gasteiger partial charge on any atom is 0.408 e. The largest absolute Gasteiger partial charge is 0.444 e. The standard InChI is InChI=1S/C15H29N3O3/c1-15(2,3)21-14(19)17-12-9-18(10-13(12)20-4)11-5-7-16-8-6-11/h11-13,16H,5-10H2,1-4H3,(H,17,19)/t12-,13-/m1/s1. The number of ether oxygens (including phenoxy) is 2. The zero-order valence-corrected chi connectivity index (χ0v) is 13.6. The van der Waals surface area contributed by atoms with E-state index in [4.69, 9.17) is 9.47 Å². The third-order valence-electron chi connectivity index (χ3n) is 4.12. The number of hydrogen-bond donors (Lipinski definition) is 2. The molecule has 21 heavy (non-hydrogen) atoms. The molecule has 0 saturated carbocycles. The van der Waals surface area contributed by atoms with Crippen LogP contribution in [-0.4, -0.2) is 68.1 Å². The van der Waals surface area contributed by atoms with Crippen LogP contribution in [0.3, 0.4) is 0 Å². The summed E-state index contributed by atoms with van der Waals surface area (Å²) in [6, 6.07) is 0.592. The first-order chi connectivity index (χ1) is 9.89. The molecule has 0 spiro atoms. The molecule has 2 rings (SSSR count). The van der Waals surface area contributed by atoms with E-state index in [2.05, 4.69) is 15.5 Å². The van der Waals surface area contributed by atoms with Crippen molar-refractivity contribution in [2.24, 2.45) is 0 Å². The molecule has 2 heterocycles. The molecule has 2 atom stereocenters. The Morgan fingerprint density at radius 3 is 2.48 bits per heavy atom. The summed E-state index contributed by atoms with van der Waals surface area (Å²) < 4.78 is 10.9. The van der Waals surface area contributed by atoms with E-state index in [0.29, 0.717) is 6.04 Å². The number of amides is 1. The van der Waals surface area contributed by atoms with Crippen molar-refractivity contribution in [2.75, 3.05) is 33.3 Å². The zero-order valence-electron chi connectivity index (χ0n) is 13.6. The molecule has 0 aromatic rings. The normalized spacial score (nSPS) is 28.6. The summed E-state index contributed by atoms with van der Waals surface area (Å²) in [5.74, 6) is 0. The van der Waals surface area contributed by atoms with Crippen LogP contribution in [0, 0.1) is 0 Å². The van der Waals surface area contributed by atoms with Crippen molar-refractivity contribution in [3.05, 3.63) is 0 Å². The van der Waals surface area contributed by atoms with Crippen molar-refractivity contribution in [3.63, 3.8) is 0 Å². The molecule has 2 N–H and O–H groups in total. The van der Waals surface area contributed by atoms with Gasteiger partial charge in [-0.3, -0.25) is 4.90 Å². The Morgan fingerprint density at radius 2 is 1.90 bits per heavy atom. The number of piperidine rings is 1. The molecule has 0 aromatic heterocycles. The Kier molecular flexibility index (Phi) is 5.46. The Hall–Kier alpha value is -0.850. The van der Waals surface area contributed by atoms with Crippen LogP contribution in [0.25, 0.3) is 0 Å². The lowest BCUT2D eigenvalue weighted by atomic mass is 10.1. The van der Waals surface area contributed by atoms with Crippen molar-refractivity contribution in [2.45, 2.75) is 57.4 Å². The van der Waals surface area contributed by atoms with Crippen molar-refractivity contribution in [1.82, 2.24) is 15.5 Å². The fraction of sp³-hybridized carbons (Fsp3) is 0.933. The van der Waals surface area contributed by atoms with E-state index < -0.39 is 5.60 Å². The third kappa shape index (κ3) is 4.83. The highest BCUT2D eigenvalue weighted by Crippen LogP contribution is 2.21. The van der Waals surface area contributed by atoms with Gasteiger partial charge in [-0.2, -0.15) is 0 Å². The molecule has 0 unspecified atom stereocenters. The van der Waals surface area contributed by atoms with Crippen molar-refractivity contribution in [1.29, 1.82) is 0 Å². The second kappa shape index (κ2) is 6.94. The van der Waals surface area contributed by atoms with Crippen molar-refractivity contribution < 1.29 is 14.3 Å². The number of carbonyl (C=O) groups excluding carboxylic acids is 1. The minimum Gasteiger partial charge on any atom is -0.444 e. The number of alkyl carbamates (subject to hydrolysis) is 1. The van der Waals surface area contributed by atoms with Gasteiger partial charge < -0.3 is 20.1 Å². The Labute approximate surface area is 127 Å². The van der Waals surface area contributed by atoms with Crippen LogP contribution in [-0.2, 0) is 9.47 Å². The van der Waals surface area contributed by atoms with E-state index in [1.807, 2.05) is 20.8 Å². The maximum atomic E-state index is 11.9. The molecular formula is C15H29N3O3. The Balaban J connectivity index is 1.88. The number of carbonyl (C=O) groups is 1. The summed E-state index contributed by atoms with van der Waals surface area (Å²) in [6.45, 7) is 9.47. The SMILES string of the molecule is CO[C@@H]1CN(C2CCNCC2)C[C@H]1NC(=O)OC(C)(C)C. The number of rotatable bonds is 3. The predicted octanol–water partition coefficient (Wildman–Crippen LogP) is 0.962. The second-order valence-corrected chi connectivity index (χ2v) is 6.96. The van der Waals surface area contributed by atoms with Gasteiger partial charge in [-0.15, -0.1) is 0 Å². The molecule has 6 heteroatoms. The summed E-state index contributed by atoms with van der Waals surface area (Å²) in [6.07, 6.45) is 2.00. The molecule has 2 aliphatic rings. The second-order valence-electron chi connectivity index (χ2n) is 6.96.